The lowest BCUT2D eigenvalue weighted by Crippen LogP contribution is -2.22. The summed E-state index contributed by atoms with van der Waals surface area (Å²) in [7, 11) is -3.80. The summed E-state index contributed by atoms with van der Waals surface area (Å²) in [5.74, 6) is -1.08. The molecule has 144 valence electrons. The number of rotatable bonds is 6. The van der Waals surface area contributed by atoms with Gasteiger partial charge in [-0.25, -0.2) is 18.2 Å². The first-order chi connectivity index (χ1) is 13.4. The molecule has 1 aromatic heterocycles. The van der Waals surface area contributed by atoms with Crippen LogP contribution in [0.25, 0.3) is 0 Å². The first-order valence-electron chi connectivity index (χ1n) is 8.13. The Morgan fingerprint density at radius 2 is 1.68 bits per heavy atom. The van der Waals surface area contributed by atoms with Gasteiger partial charge < -0.3 is 0 Å². The Morgan fingerprint density at radius 1 is 1.00 bits per heavy atom. The molecule has 3 aromatic rings. The number of nitrogens with zero attached hydrogens (tertiary/aromatic N) is 1. The van der Waals surface area contributed by atoms with E-state index in [4.69, 9.17) is 0 Å². The van der Waals surface area contributed by atoms with Crippen LogP contribution in [-0.2, 0) is 10.0 Å². The summed E-state index contributed by atoms with van der Waals surface area (Å²) in [5.41, 5.74) is 3.08. The van der Waals surface area contributed by atoms with Crippen molar-refractivity contribution in [2.45, 2.75) is 11.1 Å². The molecule has 1 amide bonds. The fourth-order valence-corrected chi connectivity index (χ4v) is 4.46. The van der Waals surface area contributed by atoms with Gasteiger partial charge in [-0.1, -0.05) is 36.4 Å². The number of hydrogen-bond donors (Lipinski definition) is 2. The van der Waals surface area contributed by atoms with Crippen LogP contribution in [0, 0.1) is 5.82 Å². The third kappa shape index (κ3) is 4.44. The number of amides is 1. The van der Waals surface area contributed by atoms with Gasteiger partial charge in [0.15, 0.2) is 0 Å². The van der Waals surface area contributed by atoms with Gasteiger partial charge in [0.2, 0.25) is 0 Å². The molecule has 0 saturated heterocycles. The highest BCUT2D eigenvalue weighted by molar-refractivity contribution is 7.94. The normalized spacial score (nSPS) is 11.9. The Balaban J connectivity index is 1.82. The Kier molecular flexibility index (Phi) is 5.86. The van der Waals surface area contributed by atoms with Crippen molar-refractivity contribution < 1.29 is 17.6 Å². The van der Waals surface area contributed by atoms with E-state index in [0.29, 0.717) is 0 Å². The van der Waals surface area contributed by atoms with Crippen LogP contribution in [0.15, 0.2) is 75.4 Å². The number of thiophene rings is 1. The molecule has 6 nitrogen and oxygen atoms in total. The molecule has 1 heterocycles. The van der Waals surface area contributed by atoms with E-state index in [2.05, 4.69) is 15.2 Å². The molecule has 28 heavy (non-hydrogen) atoms. The second-order valence-corrected chi connectivity index (χ2v) is 8.56. The minimum absolute atomic E-state index is 0.0905. The van der Waals surface area contributed by atoms with Crippen LogP contribution in [0.3, 0.4) is 0 Å². The number of sulfonamides is 1. The summed E-state index contributed by atoms with van der Waals surface area (Å²) in [6.07, 6.45) is 0. The molecule has 0 spiro atoms. The minimum Gasteiger partial charge on any atom is -0.278 e. The van der Waals surface area contributed by atoms with E-state index in [9.17, 15) is 17.6 Å². The van der Waals surface area contributed by atoms with Gasteiger partial charge in [0, 0.05) is 5.56 Å². The molecule has 9 heteroatoms. The van der Waals surface area contributed by atoms with Crippen molar-refractivity contribution in [1.29, 1.82) is 0 Å². The molecule has 0 atom stereocenters. The average molecular weight is 417 g/mol. The number of carbonyl (C=O) groups is 1. The van der Waals surface area contributed by atoms with Gasteiger partial charge in [0.05, 0.1) is 17.0 Å². The zero-order valence-corrected chi connectivity index (χ0v) is 16.4. The Labute approximate surface area is 165 Å². The predicted octanol–water partition coefficient (Wildman–Crippen LogP) is 3.84. The summed E-state index contributed by atoms with van der Waals surface area (Å²) in [6, 6.07) is 15.3. The number of halogens is 1. The summed E-state index contributed by atoms with van der Waals surface area (Å²) < 4.78 is 41.2. The van der Waals surface area contributed by atoms with E-state index < -0.39 is 21.7 Å². The van der Waals surface area contributed by atoms with Gasteiger partial charge in [-0.15, -0.1) is 11.3 Å². The van der Waals surface area contributed by atoms with Crippen molar-refractivity contribution in [2.75, 3.05) is 4.72 Å². The van der Waals surface area contributed by atoms with E-state index in [1.807, 2.05) is 0 Å². The largest absolute Gasteiger partial charge is 0.278 e. The number of nitrogens with one attached hydrogen (secondary N) is 2. The van der Waals surface area contributed by atoms with Gasteiger partial charge in [0.25, 0.3) is 15.9 Å². The fraction of sp³-hybridized carbons (Fsp3) is 0.0526. The van der Waals surface area contributed by atoms with Crippen molar-refractivity contribution in [3.8, 4) is 0 Å². The molecular formula is C19H16FN3O3S2. The monoisotopic (exact) mass is 417 g/mol. The molecule has 0 unspecified atom stereocenters. The summed E-state index contributed by atoms with van der Waals surface area (Å²) >= 11 is 1.07. The standard InChI is InChI=1S/C19H16FN3O3S2/c1-13(14-7-2-4-9-16(14)20)21-22-19(24)15-8-3-5-10-17(15)23-28(25,26)18-11-6-12-27-18/h2-12,23H,1H3,(H,22,24). The van der Waals surface area contributed by atoms with Crippen molar-refractivity contribution in [1.82, 2.24) is 5.43 Å². The first kappa shape index (κ1) is 19.7. The molecule has 0 aliphatic carbocycles. The van der Waals surface area contributed by atoms with Gasteiger partial charge in [-0.2, -0.15) is 5.10 Å². The van der Waals surface area contributed by atoms with E-state index in [1.165, 1.54) is 24.3 Å². The molecule has 3 rings (SSSR count). The number of anilines is 1. The number of para-hydroxylation sites is 1. The lowest BCUT2D eigenvalue weighted by atomic mass is 10.1. The lowest BCUT2D eigenvalue weighted by Gasteiger charge is -2.11. The molecule has 2 aromatic carbocycles. The molecule has 0 saturated carbocycles. The molecule has 0 aliphatic rings. The topological polar surface area (TPSA) is 87.6 Å². The quantitative estimate of drug-likeness (QED) is 0.472. The van der Waals surface area contributed by atoms with E-state index >= 15 is 0 Å². The number of benzene rings is 2. The van der Waals surface area contributed by atoms with Crippen molar-refractivity contribution >= 4 is 38.7 Å². The van der Waals surface area contributed by atoms with Crippen molar-refractivity contribution in [3.63, 3.8) is 0 Å². The van der Waals surface area contributed by atoms with Crippen molar-refractivity contribution in [3.05, 3.63) is 83.0 Å². The second kappa shape index (κ2) is 8.32. The summed E-state index contributed by atoms with van der Waals surface area (Å²) in [6.45, 7) is 1.56. The molecule has 0 radical (unpaired) electrons. The Morgan fingerprint density at radius 3 is 2.36 bits per heavy atom. The Hall–Kier alpha value is -3.04. The van der Waals surface area contributed by atoms with Crippen molar-refractivity contribution in [2.24, 2.45) is 5.10 Å². The van der Waals surface area contributed by atoms with Gasteiger partial charge in [0.1, 0.15) is 10.0 Å². The van der Waals surface area contributed by atoms with Gasteiger partial charge in [-0.05, 0) is 36.6 Å². The third-order valence-electron chi connectivity index (χ3n) is 3.76. The zero-order valence-electron chi connectivity index (χ0n) is 14.7. The number of hydrazone groups is 1. The van der Waals surface area contributed by atoms with Crippen LogP contribution in [0.4, 0.5) is 10.1 Å². The lowest BCUT2D eigenvalue weighted by molar-refractivity contribution is 0.0955. The minimum atomic E-state index is -3.80. The maximum Gasteiger partial charge on any atom is 0.273 e. The predicted molar refractivity (Wildman–Crippen MR) is 108 cm³/mol. The van der Waals surface area contributed by atoms with Crippen LogP contribution in [0.1, 0.15) is 22.8 Å². The highest BCUT2D eigenvalue weighted by Gasteiger charge is 2.19. The maximum absolute atomic E-state index is 13.8. The molecular weight excluding hydrogens is 401 g/mol. The van der Waals surface area contributed by atoms with Crippen LogP contribution in [-0.4, -0.2) is 20.0 Å². The van der Waals surface area contributed by atoms with Crippen LogP contribution >= 0.6 is 11.3 Å². The summed E-state index contributed by atoms with van der Waals surface area (Å²) in [5, 5.41) is 5.57. The average Bonchev–Trinajstić information content (AvgIpc) is 3.22. The number of hydrogen-bond acceptors (Lipinski definition) is 5. The SMILES string of the molecule is CC(=NNC(=O)c1ccccc1NS(=O)(=O)c1cccs1)c1ccccc1F. The third-order valence-corrected chi connectivity index (χ3v) is 6.53. The van der Waals surface area contributed by atoms with E-state index in [1.54, 1.807) is 48.7 Å². The highest BCUT2D eigenvalue weighted by atomic mass is 32.2. The van der Waals surface area contributed by atoms with Gasteiger partial charge in [-0.3, -0.25) is 9.52 Å². The summed E-state index contributed by atoms with van der Waals surface area (Å²) in [4.78, 5) is 12.5. The zero-order chi connectivity index (χ0) is 20.1. The van der Waals surface area contributed by atoms with E-state index in [0.717, 1.165) is 11.3 Å². The molecule has 0 bridgehead atoms. The molecule has 0 aliphatic heterocycles. The Bertz CT molecular complexity index is 1130. The van der Waals surface area contributed by atoms with E-state index in [-0.39, 0.29) is 26.7 Å². The molecule has 0 fully saturated rings. The maximum atomic E-state index is 13.8. The number of carbonyl (C=O) groups excluding carboxylic acids is 1. The first-order valence-corrected chi connectivity index (χ1v) is 10.5. The van der Waals surface area contributed by atoms with Crippen LogP contribution < -0.4 is 10.1 Å². The van der Waals surface area contributed by atoms with Crippen LogP contribution in [0.5, 0.6) is 0 Å². The van der Waals surface area contributed by atoms with Crippen LogP contribution in [0.2, 0.25) is 0 Å². The fourth-order valence-electron chi connectivity index (χ4n) is 2.39. The smallest absolute Gasteiger partial charge is 0.273 e. The van der Waals surface area contributed by atoms with Gasteiger partial charge >= 0.3 is 0 Å². The second-order valence-electron chi connectivity index (χ2n) is 5.70. The highest BCUT2D eigenvalue weighted by Crippen LogP contribution is 2.22. The molecule has 2 N–H and O–H groups in total.